The maximum absolute atomic E-state index is 5.62. The highest BCUT2D eigenvalue weighted by atomic mass is 32.2. The van der Waals surface area contributed by atoms with Crippen LogP contribution in [-0.4, -0.2) is 27.7 Å². The SMILES string of the molecule is CC(N)Cc1nc(C2CSC2)no1. The van der Waals surface area contributed by atoms with E-state index >= 15 is 0 Å². The average molecular weight is 199 g/mol. The lowest BCUT2D eigenvalue weighted by molar-refractivity contribution is 0.365. The van der Waals surface area contributed by atoms with Gasteiger partial charge < -0.3 is 10.3 Å². The molecule has 2 heterocycles. The van der Waals surface area contributed by atoms with Crippen LogP contribution in [0.2, 0.25) is 0 Å². The van der Waals surface area contributed by atoms with Crippen LogP contribution in [0.4, 0.5) is 0 Å². The first kappa shape index (κ1) is 9.02. The van der Waals surface area contributed by atoms with Crippen LogP contribution >= 0.6 is 11.8 Å². The molecule has 0 spiro atoms. The van der Waals surface area contributed by atoms with Gasteiger partial charge in [-0.25, -0.2) is 0 Å². The summed E-state index contributed by atoms with van der Waals surface area (Å²) >= 11 is 1.92. The number of nitrogens with two attached hydrogens (primary N) is 1. The molecule has 1 aliphatic rings. The van der Waals surface area contributed by atoms with Gasteiger partial charge in [-0.2, -0.15) is 16.7 Å². The summed E-state index contributed by atoms with van der Waals surface area (Å²) in [6, 6.07) is 0.0871. The molecule has 1 saturated heterocycles. The highest BCUT2D eigenvalue weighted by Gasteiger charge is 2.25. The molecule has 1 aromatic heterocycles. The Balaban J connectivity index is 2.00. The number of hydrogen-bond donors (Lipinski definition) is 1. The first-order chi connectivity index (χ1) is 6.25. The van der Waals surface area contributed by atoms with Crippen LogP contribution in [0, 0.1) is 0 Å². The summed E-state index contributed by atoms with van der Waals surface area (Å²) in [5, 5.41) is 3.94. The second-order valence-corrected chi connectivity index (χ2v) is 4.54. The van der Waals surface area contributed by atoms with E-state index in [0.29, 0.717) is 18.2 Å². The second-order valence-electron chi connectivity index (χ2n) is 3.46. The molecule has 0 aliphatic carbocycles. The number of rotatable bonds is 3. The number of aromatic nitrogens is 2. The minimum Gasteiger partial charge on any atom is -0.339 e. The van der Waals surface area contributed by atoms with Crippen LogP contribution in [0.3, 0.4) is 0 Å². The molecular weight excluding hydrogens is 186 g/mol. The zero-order valence-electron chi connectivity index (χ0n) is 7.56. The van der Waals surface area contributed by atoms with Crippen molar-refractivity contribution in [3.63, 3.8) is 0 Å². The number of nitrogens with zero attached hydrogens (tertiary/aromatic N) is 2. The van der Waals surface area contributed by atoms with Crippen LogP contribution in [0.15, 0.2) is 4.52 Å². The molecule has 0 bridgehead atoms. The fraction of sp³-hybridized carbons (Fsp3) is 0.750. The van der Waals surface area contributed by atoms with Crippen molar-refractivity contribution in [2.75, 3.05) is 11.5 Å². The minimum absolute atomic E-state index is 0.0871. The van der Waals surface area contributed by atoms with Gasteiger partial charge in [-0.3, -0.25) is 0 Å². The summed E-state index contributed by atoms with van der Waals surface area (Å²) < 4.78 is 5.08. The average Bonchev–Trinajstić information content (AvgIpc) is 2.31. The van der Waals surface area contributed by atoms with E-state index in [0.717, 1.165) is 17.3 Å². The smallest absolute Gasteiger partial charge is 0.228 e. The monoisotopic (exact) mass is 199 g/mol. The molecule has 5 heteroatoms. The Bertz CT molecular complexity index is 283. The topological polar surface area (TPSA) is 64.9 Å². The molecule has 2 N–H and O–H groups in total. The number of hydrogen-bond acceptors (Lipinski definition) is 5. The maximum atomic E-state index is 5.62. The Kier molecular flexibility index (Phi) is 2.55. The third kappa shape index (κ3) is 2.03. The standard InChI is InChI=1S/C8H13N3OS/c1-5(9)2-7-10-8(11-12-7)6-3-13-4-6/h5-6H,2-4,9H2,1H3. The van der Waals surface area contributed by atoms with Crippen LogP contribution in [0.25, 0.3) is 0 Å². The van der Waals surface area contributed by atoms with Crippen molar-refractivity contribution in [3.8, 4) is 0 Å². The van der Waals surface area contributed by atoms with Gasteiger partial charge in [0.05, 0.1) is 0 Å². The van der Waals surface area contributed by atoms with E-state index in [4.69, 9.17) is 10.3 Å². The predicted molar refractivity (Wildman–Crippen MR) is 51.7 cm³/mol. The predicted octanol–water partition coefficient (Wildman–Crippen LogP) is 0.790. The van der Waals surface area contributed by atoms with Gasteiger partial charge in [-0.1, -0.05) is 5.16 Å². The highest BCUT2D eigenvalue weighted by molar-refractivity contribution is 8.00. The highest BCUT2D eigenvalue weighted by Crippen LogP contribution is 2.31. The van der Waals surface area contributed by atoms with E-state index in [-0.39, 0.29) is 6.04 Å². The largest absolute Gasteiger partial charge is 0.339 e. The Labute approximate surface area is 81.3 Å². The maximum Gasteiger partial charge on any atom is 0.228 e. The second kappa shape index (κ2) is 3.67. The number of thioether (sulfide) groups is 1. The summed E-state index contributed by atoms with van der Waals surface area (Å²) in [6.07, 6.45) is 0.673. The van der Waals surface area contributed by atoms with E-state index in [2.05, 4.69) is 10.1 Å². The van der Waals surface area contributed by atoms with Gasteiger partial charge in [0.2, 0.25) is 5.89 Å². The molecule has 1 atom stereocenters. The molecule has 0 aromatic carbocycles. The first-order valence-corrected chi connectivity index (χ1v) is 5.57. The van der Waals surface area contributed by atoms with Crippen LogP contribution in [0.1, 0.15) is 24.6 Å². The molecule has 1 aromatic rings. The van der Waals surface area contributed by atoms with Gasteiger partial charge in [-0.15, -0.1) is 0 Å². The van der Waals surface area contributed by atoms with Gasteiger partial charge in [-0.05, 0) is 6.92 Å². The van der Waals surface area contributed by atoms with Gasteiger partial charge in [0.15, 0.2) is 5.82 Å². The fourth-order valence-electron chi connectivity index (χ4n) is 1.18. The summed E-state index contributed by atoms with van der Waals surface area (Å²) in [5.41, 5.74) is 5.62. The molecular formula is C8H13N3OS. The summed E-state index contributed by atoms with van der Waals surface area (Å²) in [7, 11) is 0. The van der Waals surface area contributed by atoms with Crippen LogP contribution in [0.5, 0.6) is 0 Å². The van der Waals surface area contributed by atoms with Crippen molar-refractivity contribution in [1.29, 1.82) is 0 Å². The molecule has 4 nitrogen and oxygen atoms in total. The molecule has 1 aliphatic heterocycles. The Hall–Kier alpha value is -0.550. The van der Waals surface area contributed by atoms with E-state index in [9.17, 15) is 0 Å². The quantitative estimate of drug-likeness (QED) is 0.779. The van der Waals surface area contributed by atoms with Crippen molar-refractivity contribution in [3.05, 3.63) is 11.7 Å². The fourth-order valence-corrected chi connectivity index (χ4v) is 1.95. The van der Waals surface area contributed by atoms with E-state index < -0.39 is 0 Å². The molecule has 2 rings (SSSR count). The molecule has 72 valence electrons. The van der Waals surface area contributed by atoms with E-state index in [1.807, 2.05) is 18.7 Å². The third-order valence-electron chi connectivity index (χ3n) is 1.98. The van der Waals surface area contributed by atoms with Gasteiger partial charge in [0.1, 0.15) is 0 Å². The van der Waals surface area contributed by atoms with Crippen molar-refractivity contribution >= 4 is 11.8 Å². The van der Waals surface area contributed by atoms with E-state index in [1.165, 1.54) is 0 Å². The Morgan fingerprint density at radius 2 is 2.46 bits per heavy atom. The first-order valence-electron chi connectivity index (χ1n) is 4.41. The molecule has 0 saturated carbocycles. The van der Waals surface area contributed by atoms with Crippen LogP contribution in [-0.2, 0) is 6.42 Å². The molecule has 1 unspecified atom stereocenters. The zero-order chi connectivity index (χ0) is 9.26. The van der Waals surface area contributed by atoms with Crippen molar-refractivity contribution in [2.24, 2.45) is 5.73 Å². The molecule has 13 heavy (non-hydrogen) atoms. The summed E-state index contributed by atoms with van der Waals surface area (Å²) in [6.45, 7) is 1.93. The molecule has 0 radical (unpaired) electrons. The minimum atomic E-state index is 0.0871. The van der Waals surface area contributed by atoms with Gasteiger partial charge in [0.25, 0.3) is 0 Å². The van der Waals surface area contributed by atoms with Crippen LogP contribution < -0.4 is 5.73 Å². The normalized spacial score (nSPS) is 19.8. The van der Waals surface area contributed by atoms with Crippen molar-refractivity contribution in [1.82, 2.24) is 10.1 Å². The molecule has 0 amide bonds. The lowest BCUT2D eigenvalue weighted by atomic mass is 10.2. The lowest BCUT2D eigenvalue weighted by Crippen LogP contribution is -2.19. The zero-order valence-corrected chi connectivity index (χ0v) is 8.38. The van der Waals surface area contributed by atoms with E-state index in [1.54, 1.807) is 0 Å². The third-order valence-corrected chi connectivity index (χ3v) is 3.26. The van der Waals surface area contributed by atoms with Gasteiger partial charge in [0, 0.05) is 29.9 Å². The Morgan fingerprint density at radius 1 is 1.69 bits per heavy atom. The lowest BCUT2D eigenvalue weighted by Gasteiger charge is -2.20. The Morgan fingerprint density at radius 3 is 3.00 bits per heavy atom. The summed E-state index contributed by atoms with van der Waals surface area (Å²) in [5.74, 6) is 4.28. The van der Waals surface area contributed by atoms with Crippen molar-refractivity contribution < 1.29 is 4.52 Å². The van der Waals surface area contributed by atoms with Gasteiger partial charge >= 0.3 is 0 Å². The van der Waals surface area contributed by atoms with Crippen molar-refractivity contribution in [2.45, 2.75) is 25.3 Å². The summed E-state index contributed by atoms with van der Waals surface area (Å²) in [4.78, 5) is 4.30. The molecule has 1 fully saturated rings.